The molecule has 1 aliphatic rings. The van der Waals surface area contributed by atoms with Gasteiger partial charge in [0.25, 0.3) is 0 Å². The van der Waals surface area contributed by atoms with Crippen molar-refractivity contribution in [2.75, 3.05) is 13.2 Å². The van der Waals surface area contributed by atoms with Gasteiger partial charge in [-0.2, -0.15) is 0 Å². The van der Waals surface area contributed by atoms with Crippen molar-refractivity contribution in [1.82, 2.24) is 9.55 Å². The topological polar surface area (TPSA) is 88.9 Å². The molecule has 8 nitrogen and oxygen atoms in total. The number of carbonyl (C=O) groups is 2. The van der Waals surface area contributed by atoms with E-state index in [4.69, 9.17) is 55.1 Å². The van der Waals surface area contributed by atoms with Crippen LogP contribution in [-0.2, 0) is 28.5 Å². The zero-order valence-corrected chi connectivity index (χ0v) is 19.4. The van der Waals surface area contributed by atoms with E-state index in [1.807, 2.05) is 6.92 Å². The first-order chi connectivity index (χ1) is 15.1. The minimum absolute atomic E-state index is 0.0123. The smallest absolute Gasteiger partial charge is 0.303 e. The molecule has 3 rings (SSSR count). The quantitative estimate of drug-likeness (QED) is 0.496. The van der Waals surface area contributed by atoms with Gasteiger partial charge in [-0.1, -0.05) is 36.5 Å². The highest BCUT2D eigenvalue weighted by atomic mass is 35.5. The molecule has 2 heterocycles. The van der Waals surface area contributed by atoms with Gasteiger partial charge in [-0.15, -0.1) is 0 Å². The van der Waals surface area contributed by atoms with E-state index in [0.29, 0.717) is 22.5 Å². The fourth-order valence-corrected chi connectivity index (χ4v) is 3.98. The Morgan fingerprint density at radius 2 is 1.81 bits per heavy atom. The van der Waals surface area contributed by atoms with Gasteiger partial charge in [-0.05, 0) is 30.1 Å². The maximum absolute atomic E-state index is 11.9. The summed E-state index contributed by atoms with van der Waals surface area (Å²) in [5.74, 6) is -1.18. The van der Waals surface area contributed by atoms with Crippen LogP contribution in [0.25, 0.3) is 11.0 Å². The van der Waals surface area contributed by atoms with Gasteiger partial charge in [-0.25, -0.2) is 4.98 Å². The van der Waals surface area contributed by atoms with Crippen LogP contribution in [0.2, 0.25) is 15.3 Å². The summed E-state index contributed by atoms with van der Waals surface area (Å²) in [7, 11) is 0. The molecule has 2 unspecified atom stereocenters. The first kappa shape index (κ1) is 22.6. The molecular weight excluding hydrogens is 471 g/mol. The highest BCUT2D eigenvalue weighted by Gasteiger charge is 2.51. The predicted molar refractivity (Wildman–Crippen MR) is 116 cm³/mol. The van der Waals surface area contributed by atoms with E-state index < -0.39 is 42.9 Å². The Morgan fingerprint density at radius 3 is 2.45 bits per heavy atom. The highest BCUT2D eigenvalue weighted by Crippen LogP contribution is 2.39. The molecule has 11 heteroatoms. The molecule has 1 saturated heterocycles. The van der Waals surface area contributed by atoms with Crippen molar-refractivity contribution in [3.05, 3.63) is 27.5 Å². The average Bonchev–Trinajstić information content (AvgIpc) is 3.18. The van der Waals surface area contributed by atoms with Gasteiger partial charge >= 0.3 is 11.9 Å². The van der Waals surface area contributed by atoms with Crippen LogP contribution in [0.1, 0.15) is 41.2 Å². The molecule has 1 aromatic carbocycles. The van der Waals surface area contributed by atoms with Crippen LogP contribution in [0.15, 0.2) is 12.1 Å². The van der Waals surface area contributed by atoms with Gasteiger partial charge in [0.2, 0.25) is 5.28 Å². The molecule has 0 spiro atoms. The largest absolute Gasteiger partial charge is 0.456 e. The molecule has 1 aliphatic heterocycles. The fourth-order valence-electron chi connectivity index (χ4n) is 3.39. The van der Waals surface area contributed by atoms with Gasteiger partial charge in [-0.3, -0.25) is 14.2 Å². The number of halogens is 3. The first-order valence-electron chi connectivity index (χ1n) is 10.2. The Morgan fingerprint density at radius 1 is 1.16 bits per heavy atom. The second-order valence-corrected chi connectivity index (χ2v) is 8.11. The third-order valence-electron chi connectivity index (χ3n) is 4.64. The lowest BCUT2D eigenvalue weighted by Crippen LogP contribution is -2.40. The van der Waals surface area contributed by atoms with Crippen molar-refractivity contribution in [3.8, 4) is 0 Å². The Bertz CT molecular complexity index is 1000. The van der Waals surface area contributed by atoms with Crippen LogP contribution < -0.4 is 0 Å². The summed E-state index contributed by atoms with van der Waals surface area (Å²) < 4.78 is 32.0. The van der Waals surface area contributed by atoms with Crippen LogP contribution >= 0.6 is 34.8 Å². The number of nitrogens with zero attached hydrogens (tertiary/aromatic N) is 2. The van der Waals surface area contributed by atoms with Crippen LogP contribution in [0.5, 0.6) is 0 Å². The Kier molecular flexibility index (Phi) is 7.55. The maximum Gasteiger partial charge on any atom is 0.303 e. The maximum atomic E-state index is 11.9. The molecular formula is C20H23Cl3N2O6. The van der Waals surface area contributed by atoms with Gasteiger partial charge in [0.15, 0.2) is 18.4 Å². The summed E-state index contributed by atoms with van der Waals surface area (Å²) in [6.07, 6.45) is -3.55. The molecule has 0 saturated carbocycles. The molecule has 1 fully saturated rings. The third kappa shape index (κ3) is 5.43. The van der Waals surface area contributed by atoms with E-state index in [-0.39, 0.29) is 23.5 Å². The molecule has 170 valence electrons. The second kappa shape index (κ2) is 10.4. The molecule has 0 radical (unpaired) electrons. The van der Waals surface area contributed by atoms with Gasteiger partial charge in [0.1, 0.15) is 6.10 Å². The van der Waals surface area contributed by atoms with E-state index in [9.17, 15) is 9.59 Å². The molecule has 0 N–H and O–H groups in total. The van der Waals surface area contributed by atoms with Crippen molar-refractivity contribution >= 4 is 57.8 Å². The van der Waals surface area contributed by atoms with Crippen molar-refractivity contribution in [1.29, 1.82) is 0 Å². The highest BCUT2D eigenvalue weighted by molar-refractivity contribution is 6.42. The van der Waals surface area contributed by atoms with Crippen molar-refractivity contribution in [2.45, 2.75) is 58.1 Å². The summed E-state index contributed by atoms with van der Waals surface area (Å²) >= 11 is 18.7. The molecule has 0 aliphatic carbocycles. The summed E-state index contributed by atoms with van der Waals surface area (Å²) in [5, 5.41) is 0.617. The van der Waals surface area contributed by atoms with Gasteiger partial charge < -0.3 is 18.9 Å². The normalized spacial score (nSPS) is 24.8. The Labute approximate surface area is 196 Å². The zero-order chi connectivity index (χ0) is 23.6. The van der Waals surface area contributed by atoms with Gasteiger partial charge in [0.05, 0.1) is 27.7 Å². The van der Waals surface area contributed by atoms with Crippen molar-refractivity contribution in [3.63, 3.8) is 0 Å². The SMILES string of the molecule is [2H]C(CC)COC[C@H]1OC(n2c(Cl)nc3cc(Cl)c(Cl)cc32)[C@H](OC(C)=O)[C@@H]1OC(C)=O. The minimum atomic E-state index is -1.03. The van der Waals surface area contributed by atoms with E-state index in [1.54, 1.807) is 12.1 Å². The number of fused-ring (bicyclic) bond motifs is 1. The monoisotopic (exact) mass is 493 g/mol. The Balaban J connectivity index is 2.00. The second-order valence-electron chi connectivity index (χ2n) is 6.95. The molecule has 0 bridgehead atoms. The number of aromatic nitrogens is 2. The van der Waals surface area contributed by atoms with Crippen LogP contribution in [0, 0.1) is 0 Å². The van der Waals surface area contributed by atoms with Crippen molar-refractivity contribution < 1.29 is 29.9 Å². The summed E-state index contributed by atoms with van der Waals surface area (Å²) in [6, 6.07) is 3.13. The number of benzene rings is 1. The van der Waals surface area contributed by atoms with E-state index >= 15 is 0 Å². The van der Waals surface area contributed by atoms with Crippen LogP contribution in [0.4, 0.5) is 0 Å². The number of hydrogen-bond donors (Lipinski definition) is 0. The first-order valence-corrected chi connectivity index (χ1v) is 10.8. The number of hydrogen-bond acceptors (Lipinski definition) is 7. The van der Waals surface area contributed by atoms with E-state index in [2.05, 4.69) is 4.98 Å². The molecule has 2 aromatic rings. The number of carbonyl (C=O) groups excluding carboxylic acids is 2. The number of imidazole rings is 1. The minimum Gasteiger partial charge on any atom is -0.456 e. The van der Waals surface area contributed by atoms with E-state index in [0.717, 1.165) is 0 Å². The number of ether oxygens (including phenoxy) is 4. The van der Waals surface area contributed by atoms with E-state index in [1.165, 1.54) is 18.4 Å². The zero-order valence-electron chi connectivity index (χ0n) is 18.1. The van der Waals surface area contributed by atoms with Crippen molar-refractivity contribution in [2.24, 2.45) is 0 Å². The lowest BCUT2D eigenvalue weighted by Gasteiger charge is -2.24. The molecule has 1 aromatic heterocycles. The predicted octanol–water partition coefficient (Wildman–Crippen LogP) is 4.57. The Hall–Kier alpha value is -1.58. The fraction of sp³-hybridized carbons (Fsp3) is 0.550. The summed E-state index contributed by atoms with van der Waals surface area (Å²) in [4.78, 5) is 27.9. The lowest BCUT2D eigenvalue weighted by atomic mass is 10.1. The third-order valence-corrected chi connectivity index (χ3v) is 5.63. The average molecular weight is 495 g/mol. The number of rotatable bonds is 8. The summed E-state index contributed by atoms with van der Waals surface area (Å²) in [6.45, 7) is 4.55. The molecule has 0 amide bonds. The van der Waals surface area contributed by atoms with Crippen LogP contribution in [0.3, 0.4) is 0 Å². The molecule has 31 heavy (non-hydrogen) atoms. The number of esters is 2. The lowest BCUT2D eigenvalue weighted by molar-refractivity contribution is -0.165. The standard InChI is InChI=1S/C20H23Cl3N2O6/c1-4-5-6-28-9-16-17(29-10(2)26)18(30-11(3)27)19(31-16)25-15-8-13(22)12(21)7-14(15)24-20(25)23/h7-8,16-19H,4-6,9H2,1-3H3/t16-,17-,18-,19?/m1/s1/i5D/t5?,16-,17-,18-,19?. The van der Waals surface area contributed by atoms with Crippen LogP contribution in [-0.4, -0.2) is 53.0 Å². The summed E-state index contributed by atoms with van der Waals surface area (Å²) in [5.41, 5.74) is 0.949. The molecule has 5 atom stereocenters. The van der Waals surface area contributed by atoms with Gasteiger partial charge in [0, 0.05) is 21.8 Å².